The number of phenols is 1. The molecule has 0 fully saturated rings. The molecule has 8 N–H and O–H groups in total. The van der Waals surface area contributed by atoms with E-state index in [9.17, 15) is 38.8 Å². The van der Waals surface area contributed by atoms with Crippen LogP contribution in [0.2, 0.25) is 0 Å². The number of nitrogens with zero attached hydrogens (tertiary/aromatic N) is 5. The van der Waals surface area contributed by atoms with Crippen LogP contribution in [0.3, 0.4) is 0 Å². The molecule has 0 saturated heterocycles. The zero-order valence-electron chi connectivity index (χ0n) is 30.8. The number of anilines is 4. The minimum absolute atomic E-state index is 0.0183. The van der Waals surface area contributed by atoms with E-state index >= 15 is 0 Å². The second-order valence-electron chi connectivity index (χ2n) is 12.0. The molecule has 58 heavy (non-hydrogen) atoms. The van der Waals surface area contributed by atoms with E-state index in [0.29, 0.717) is 0 Å². The van der Waals surface area contributed by atoms with E-state index in [1.54, 1.807) is 13.8 Å². The van der Waals surface area contributed by atoms with E-state index in [1.807, 2.05) is 0 Å². The van der Waals surface area contributed by atoms with Crippen LogP contribution in [0.1, 0.15) is 27.7 Å². The lowest BCUT2D eigenvalue weighted by Crippen LogP contribution is -2.27. The minimum atomic E-state index is -4.58. The fraction of sp³-hybridized carbons (Fsp3) is 0.219. The lowest BCUT2D eigenvalue weighted by Gasteiger charge is -2.17. The van der Waals surface area contributed by atoms with Gasteiger partial charge in [-0.05, 0) is 74.7 Å². The van der Waals surface area contributed by atoms with E-state index in [4.69, 9.17) is 23.4 Å². The van der Waals surface area contributed by atoms with Gasteiger partial charge in [-0.25, -0.2) is 27.1 Å². The third kappa shape index (κ3) is 10.7. The van der Waals surface area contributed by atoms with Gasteiger partial charge >= 0.3 is 16.3 Å². The second kappa shape index (κ2) is 17.1. The Morgan fingerprint density at radius 3 is 2.07 bits per heavy atom. The number of nitrogens with one attached hydrogen (secondary N) is 3. The number of hydrogen-bond donors (Lipinski definition) is 6. The number of fused-ring (bicyclic) bond motifs is 1. The molecular weight excluding hydrogens is 845 g/mol. The van der Waals surface area contributed by atoms with Crippen molar-refractivity contribution in [1.29, 1.82) is 0 Å². The second-order valence-corrected chi connectivity index (χ2v) is 18.1. The van der Waals surface area contributed by atoms with E-state index in [1.165, 1.54) is 56.3 Å². The van der Waals surface area contributed by atoms with E-state index in [-0.39, 0.29) is 68.7 Å². The summed E-state index contributed by atoms with van der Waals surface area (Å²) in [6.07, 6.45) is -0.486. The van der Waals surface area contributed by atoms with Crippen LogP contribution in [0.25, 0.3) is 10.8 Å². The maximum Gasteiger partial charge on any atom is 0.382 e. The van der Waals surface area contributed by atoms with Crippen LogP contribution in [0.15, 0.2) is 91.6 Å². The maximum atomic E-state index is 13.3. The van der Waals surface area contributed by atoms with Crippen molar-refractivity contribution in [1.82, 2.24) is 19.7 Å². The maximum absolute atomic E-state index is 13.3. The smallest absolute Gasteiger partial charge is 0.382 e. The van der Waals surface area contributed by atoms with Gasteiger partial charge in [0.2, 0.25) is 31.9 Å². The van der Waals surface area contributed by atoms with Gasteiger partial charge in [-0.2, -0.15) is 41.6 Å². The van der Waals surface area contributed by atoms with Gasteiger partial charge in [-0.3, -0.25) is 4.18 Å². The molecule has 0 unspecified atom stereocenters. The number of nitrogens with two attached hydrogens (primary N) is 2. The van der Waals surface area contributed by atoms with Gasteiger partial charge in [0.1, 0.15) is 4.90 Å². The summed E-state index contributed by atoms with van der Waals surface area (Å²) < 4.78 is 119. The molecule has 0 aliphatic heterocycles. The first-order valence-corrected chi connectivity index (χ1v) is 22.6. The lowest BCUT2D eigenvalue weighted by molar-refractivity contribution is 0.222. The number of para-hydroxylation sites is 1. The Hall–Kier alpha value is -5.61. The van der Waals surface area contributed by atoms with Crippen LogP contribution in [0.4, 0.5) is 34.6 Å². The average Bonchev–Trinajstić information content (AvgIpc) is 3.10. The van der Waals surface area contributed by atoms with Crippen LogP contribution in [0.5, 0.6) is 17.5 Å². The first kappa shape index (κ1) is 43.5. The number of sulfonamides is 2. The van der Waals surface area contributed by atoms with Crippen LogP contribution >= 0.6 is 0 Å². The Bertz CT molecular complexity index is 2860. The molecule has 0 aliphatic rings. The molecule has 0 aliphatic carbocycles. The van der Waals surface area contributed by atoms with Crippen LogP contribution in [-0.4, -0.2) is 73.0 Å². The fourth-order valence-corrected chi connectivity index (χ4v) is 8.03. The van der Waals surface area contributed by atoms with Crippen LogP contribution in [0, 0.1) is 0 Å². The number of aromatic hydroxyl groups is 1. The molecule has 26 heteroatoms. The summed E-state index contributed by atoms with van der Waals surface area (Å²) in [6, 6.07) is 13.4. The molecule has 1 heterocycles. The monoisotopic (exact) mass is 880 g/mol. The summed E-state index contributed by atoms with van der Waals surface area (Å²) in [7, 11) is -17.5. The van der Waals surface area contributed by atoms with Crippen LogP contribution < -0.4 is 34.6 Å². The van der Waals surface area contributed by atoms with Crippen molar-refractivity contribution in [2.24, 2.45) is 20.5 Å². The van der Waals surface area contributed by atoms with Crippen molar-refractivity contribution in [3.63, 3.8) is 0 Å². The van der Waals surface area contributed by atoms with Gasteiger partial charge in [-0.1, -0.05) is 25.1 Å². The van der Waals surface area contributed by atoms with Gasteiger partial charge < -0.3 is 24.7 Å². The highest BCUT2D eigenvalue weighted by Crippen LogP contribution is 2.48. The molecule has 22 nitrogen and oxygen atoms in total. The zero-order chi connectivity index (χ0) is 42.6. The van der Waals surface area contributed by atoms with Crippen molar-refractivity contribution in [2.75, 3.05) is 23.8 Å². The molecule has 4 aromatic carbocycles. The fourth-order valence-electron chi connectivity index (χ4n) is 5.03. The molecule has 5 aromatic rings. The number of aromatic nitrogens is 3. The Balaban J connectivity index is 1.77. The summed E-state index contributed by atoms with van der Waals surface area (Å²) in [6.45, 7) is 5.87. The molecule has 0 amide bonds. The number of primary sulfonamides is 2. The predicted molar refractivity (Wildman–Crippen MR) is 210 cm³/mol. The van der Waals surface area contributed by atoms with Crippen molar-refractivity contribution >= 4 is 85.9 Å². The minimum Gasteiger partial charge on any atom is -0.505 e. The molecule has 0 bridgehead atoms. The Labute approximate surface area is 333 Å². The third-order valence-electron chi connectivity index (χ3n) is 7.26. The van der Waals surface area contributed by atoms with Crippen LogP contribution in [-0.2, 0) is 44.7 Å². The SMILES string of the molecule is CCNS(=O)(=O)Oc1cc2cc(S(=O)(=O)OCC)cc(Nc3nc(Nc4ccccc4S(N)(=O)=O)nc(OC(C)C)n3)c2c(O)c1N=Nc1cccc(S(N)(=O)=O)c1. The Morgan fingerprint density at radius 2 is 1.45 bits per heavy atom. The lowest BCUT2D eigenvalue weighted by atomic mass is 10.1. The number of hydrogen-bond acceptors (Lipinski definition) is 19. The topological polar surface area (TPSA) is 336 Å². The van der Waals surface area contributed by atoms with Gasteiger partial charge in [0.15, 0.2) is 17.2 Å². The number of benzene rings is 4. The van der Waals surface area contributed by atoms with Gasteiger partial charge in [0.25, 0.3) is 10.1 Å². The van der Waals surface area contributed by atoms with Crippen molar-refractivity contribution in [2.45, 2.75) is 48.5 Å². The van der Waals surface area contributed by atoms with Gasteiger partial charge in [0.05, 0.1) is 39.6 Å². The predicted octanol–water partition coefficient (Wildman–Crippen LogP) is 3.67. The molecular formula is C32H36N10O12S4. The quantitative estimate of drug-likeness (QED) is 0.0573. The highest BCUT2D eigenvalue weighted by molar-refractivity contribution is 7.89. The van der Waals surface area contributed by atoms with Crippen molar-refractivity contribution in [3.05, 3.63) is 66.7 Å². The molecule has 0 spiro atoms. The molecule has 0 radical (unpaired) electrons. The summed E-state index contributed by atoms with van der Waals surface area (Å²) in [5.41, 5.74) is -0.954. The van der Waals surface area contributed by atoms with Gasteiger partial charge in [-0.15, -0.1) is 5.11 Å². The number of ether oxygens (including phenoxy) is 1. The third-order valence-corrected chi connectivity index (χ3v) is 11.5. The first-order chi connectivity index (χ1) is 27.1. The number of rotatable bonds is 17. The molecule has 0 atom stereocenters. The van der Waals surface area contributed by atoms with Gasteiger partial charge in [0, 0.05) is 11.9 Å². The summed E-state index contributed by atoms with van der Waals surface area (Å²) in [5.74, 6) is -2.06. The highest BCUT2D eigenvalue weighted by Gasteiger charge is 2.26. The summed E-state index contributed by atoms with van der Waals surface area (Å²) in [5, 5.41) is 35.7. The number of phenolic OH excluding ortho intramolecular Hbond substituents is 1. The summed E-state index contributed by atoms with van der Waals surface area (Å²) in [4.78, 5) is 11.6. The molecule has 0 saturated carbocycles. The number of azo groups is 1. The largest absolute Gasteiger partial charge is 0.505 e. The van der Waals surface area contributed by atoms with E-state index < -0.39 is 68.7 Å². The Kier molecular flexibility index (Phi) is 12.8. The van der Waals surface area contributed by atoms with E-state index in [0.717, 1.165) is 24.3 Å². The molecule has 1 aromatic heterocycles. The van der Waals surface area contributed by atoms with Crippen molar-refractivity contribution < 1.29 is 51.9 Å². The molecule has 5 rings (SSSR count). The van der Waals surface area contributed by atoms with Crippen molar-refractivity contribution in [3.8, 4) is 17.5 Å². The van der Waals surface area contributed by atoms with E-state index in [2.05, 4.69) is 40.5 Å². The average molecular weight is 881 g/mol. The molecule has 310 valence electrons. The standard InChI is InChI=1S/C32H36N10O12S4/c1-5-35-58(50,51)54-25-15-19-14-22(57(48,49)52-6-2)17-24(27(19)29(43)28(25)42-41-20-10-9-11-21(16-20)55(33,44)45)37-31-38-30(39-32(40-31)53-18(3)4)36-23-12-7-8-13-26(23)56(34,46)47/h7-18,35,43H,5-6H2,1-4H3,(H2,33,44,45)(H2,34,46,47)(H2,36,37,38,39,40). The summed E-state index contributed by atoms with van der Waals surface area (Å²) >= 11 is 0. The highest BCUT2D eigenvalue weighted by atomic mass is 32.2. The Morgan fingerprint density at radius 1 is 0.776 bits per heavy atom. The first-order valence-electron chi connectivity index (χ1n) is 16.7. The normalized spacial score (nSPS) is 12.6. The zero-order valence-corrected chi connectivity index (χ0v) is 34.1.